The fraction of sp³-hybridized carbons (Fsp3) is 0.462. The largest absolute Gasteiger partial charge is 0.381 e. The van der Waals surface area contributed by atoms with Crippen molar-refractivity contribution in [1.82, 2.24) is 19.9 Å². The van der Waals surface area contributed by atoms with E-state index in [1.165, 1.54) is 0 Å². The summed E-state index contributed by atoms with van der Waals surface area (Å²) < 4.78 is 5.39. The molecule has 1 fully saturated rings. The van der Waals surface area contributed by atoms with Gasteiger partial charge in [0.15, 0.2) is 0 Å². The van der Waals surface area contributed by atoms with Gasteiger partial charge in [-0.25, -0.2) is 9.97 Å². The third-order valence-corrected chi connectivity index (χ3v) is 3.37. The Hall–Kier alpha value is -2.15. The van der Waals surface area contributed by atoms with Gasteiger partial charge in [-0.05, 0) is 6.42 Å². The number of nitrogen functional groups attached to an aromatic ring is 1. The van der Waals surface area contributed by atoms with E-state index in [1.54, 1.807) is 6.33 Å². The number of hydrogen-bond donors (Lipinski definition) is 3. The predicted octanol–water partition coefficient (Wildman–Crippen LogP) is 0.940. The molecular weight excluding hydrogens is 256 g/mol. The van der Waals surface area contributed by atoms with Gasteiger partial charge in [0.05, 0.1) is 18.6 Å². The molecule has 0 radical (unpaired) electrons. The van der Waals surface area contributed by atoms with Crippen molar-refractivity contribution in [2.75, 3.05) is 30.8 Å². The fourth-order valence-corrected chi connectivity index (χ4v) is 2.30. The molecule has 0 spiro atoms. The summed E-state index contributed by atoms with van der Waals surface area (Å²) in [6.07, 6.45) is 5.34. The minimum Gasteiger partial charge on any atom is -0.381 e. The van der Waals surface area contributed by atoms with Crippen LogP contribution in [-0.2, 0) is 11.2 Å². The monoisotopic (exact) mass is 274 g/mol. The Bertz CT molecular complexity index is 550. The Balaban J connectivity index is 1.63. The molecule has 1 atom stereocenters. The molecule has 1 saturated heterocycles. The molecule has 7 heteroatoms. The molecule has 2 aromatic rings. The van der Waals surface area contributed by atoms with Crippen molar-refractivity contribution in [2.24, 2.45) is 0 Å². The van der Waals surface area contributed by atoms with Crippen LogP contribution >= 0.6 is 0 Å². The van der Waals surface area contributed by atoms with Gasteiger partial charge in [-0.3, -0.25) is 0 Å². The van der Waals surface area contributed by atoms with Crippen LogP contribution in [0.3, 0.4) is 0 Å². The van der Waals surface area contributed by atoms with Crippen molar-refractivity contribution < 1.29 is 4.74 Å². The zero-order valence-corrected chi connectivity index (χ0v) is 11.2. The molecular formula is C13H18N6O. The lowest BCUT2D eigenvalue weighted by molar-refractivity contribution is 0.193. The van der Waals surface area contributed by atoms with Gasteiger partial charge in [-0.2, -0.15) is 4.98 Å². The number of rotatable bonds is 5. The summed E-state index contributed by atoms with van der Waals surface area (Å²) in [5.41, 5.74) is 7.82. The van der Waals surface area contributed by atoms with Crippen molar-refractivity contribution >= 4 is 11.8 Å². The van der Waals surface area contributed by atoms with E-state index in [9.17, 15) is 0 Å². The quantitative estimate of drug-likeness (QED) is 0.750. The van der Waals surface area contributed by atoms with Crippen LogP contribution in [0.4, 0.5) is 11.8 Å². The van der Waals surface area contributed by atoms with Gasteiger partial charge >= 0.3 is 0 Å². The summed E-state index contributed by atoms with van der Waals surface area (Å²) in [5.74, 6) is 1.39. The second-order valence-electron chi connectivity index (χ2n) is 4.85. The first kappa shape index (κ1) is 12.9. The third-order valence-electron chi connectivity index (χ3n) is 3.37. The molecule has 1 aliphatic rings. The average Bonchev–Trinajstić information content (AvgIpc) is 3.11. The van der Waals surface area contributed by atoms with Crippen LogP contribution in [0.5, 0.6) is 0 Å². The van der Waals surface area contributed by atoms with E-state index >= 15 is 0 Å². The minimum absolute atomic E-state index is 0.304. The van der Waals surface area contributed by atoms with Crippen LogP contribution in [0.1, 0.15) is 23.7 Å². The lowest BCUT2D eigenvalue weighted by Gasteiger charge is -2.11. The lowest BCUT2D eigenvalue weighted by Crippen LogP contribution is -2.11. The number of H-pyrrole nitrogens is 1. The van der Waals surface area contributed by atoms with Crippen molar-refractivity contribution in [1.29, 1.82) is 0 Å². The molecule has 0 amide bonds. The van der Waals surface area contributed by atoms with Gasteiger partial charge < -0.3 is 20.8 Å². The lowest BCUT2D eigenvalue weighted by atomic mass is 10.0. The highest BCUT2D eigenvalue weighted by Gasteiger charge is 2.20. The summed E-state index contributed by atoms with van der Waals surface area (Å²) in [6, 6.07) is 1.96. The number of nitrogens with one attached hydrogen (secondary N) is 2. The molecule has 7 nitrogen and oxygen atoms in total. The number of aromatic nitrogens is 4. The molecule has 4 N–H and O–H groups in total. The van der Waals surface area contributed by atoms with Crippen LogP contribution in [0.25, 0.3) is 0 Å². The molecule has 106 valence electrons. The summed E-state index contributed by atoms with van der Waals surface area (Å²) in [4.78, 5) is 15.6. The molecule has 3 rings (SSSR count). The van der Waals surface area contributed by atoms with Gasteiger partial charge in [-0.1, -0.05) is 0 Å². The van der Waals surface area contributed by atoms with Gasteiger partial charge in [0.1, 0.15) is 5.82 Å². The normalized spacial score (nSPS) is 18.3. The summed E-state index contributed by atoms with van der Waals surface area (Å²) in [5, 5.41) is 3.27. The van der Waals surface area contributed by atoms with Crippen molar-refractivity contribution in [3.05, 3.63) is 30.0 Å². The number of nitrogens with two attached hydrogens (primary N) is 1. The maximum Gasteiger partial charge on any atom is 0.222 e. The molecule has 3 heterocycles. The van der Waals surface area contributed by atoms with Crippen molar-refractivity contribution in [3.8, 4) is 0 Å². The number of hydrogen-bond acceptors (Lipinski definition) is 6. The van der Waals surface area contributed by atoms with E-state index in [0.717, 1.165) is 43.2 Å². The third kappa shape index (κ3) is 3.05. The number of aromatic amines is 1. The number of ether oxygens (including phenoxy) is 1. The highest BCUT2D eigenvalue weighted by molar-refractivity contribution is 5.41. The van der Waals surface area contributed by atoms with Gasteiger partial charge in [0.2, 0.25) is 5.95 Å². The maximum atomic E-state index is 5.77. The molecule has 1 unspecified atom stereocenters. The first-order chi connectivity index (χ1) is 9.81. The Morgan fingerprint density at radius 1 is 1.45 bits per heavy atom. The first-order valence-corrected chi connectivity index (χ1v) is 6.74. The molecule has 0 bridgehead atoms. The summed E-state index contributed by atoms with van der Waals surface area (Å²) >= 11 is 0. The van der Waals surface area contributed by atoms with Crippen molar-refractivity contribution in [3.63, 3.8) is 0 Å². The van der Waals surface area contributed by atoms with Crippen LogP contribution in [0, 0.1) is 0 Å². The Morgan fingerprint density at radius 2 is 2.40 bits per heavy atom. The van der Waals surface area contributed by atoms with Crippen LogP contribution < -0.4 is 11.1 Å². The second-order valence-corrected chi connectivity index (χ2v) is 4.85. The van der Waals surface area contributed by atoms with Crippen molar-refractivity contribution in [2.45, 2.75) is 18.8 Å². The average molecular weight is 274 g/mol. The predicted molar refractivity (Wildman–Crippen MR) is 75.4 cm³/mol. The molecule has 0 aromatic carbocycles. The maximum absolute atomic E-state index is 5.77. The van der Waals surface area contributed by atoms with Crippen LogP contribution in [0.2, 0.25) is 0 Å². The molecule has 1 aliphatic heterocycles. The minimum atomic E-state index is 0.304. The van der Waals surface area contributed by atoms with E-state index in [0.29, 0.717) is 18.5 Å². The summed E-state index contributed by atoms with van der Waals surface area (Å²) in [6.45, 7) is 2.26. The van der Waals surface area contributed by atoms with Gasteiger partial charge in [-0.15, -0.1) is 0 Å². The Kier molecular flexibility index (Phi) is 3.78. The van der Waals surface area contributed by atoms with Crippen LogP contribution in [0.15, 0.2) is 18.6 Å². The zero-order valence-electron chi connectivity index (χ0n) is 11.2. The number of anilines is 2. The Morgan fingerprint density at radius 3 is 3.15 bits per heavy atom. The molecule has 0 aliphatic carbocycles. The molecule has 20 heavy (non-hydrogen) atoms. The highest BCUT2D eigenvalue weighted by atomic mass is 16.5. The number of nitrogens with zero attached hydrogens (tertiary/aromatic N) is 3. The van der Waals surface area contributed by atoms with E-state index in [2.05, 4.69) is 25.3 Å². The van der Waals surface area contributed by atoms with Gasteiger partial charge in [0, 0.05) is 43.4 Å². The fourth-order valence-electron chi connectivity index (χ4n) is 2.30. The van der Waals surface area contributed by atoms with Gasteiger partial charge in [0.25, 0.3) is 0 Å². The number of imidazole rings is 1. The molecule has 0 saturated carbocycles. The topological polar surface area (TPSA) is 102 Å². The van der Waals surface area contributed by atoms with Crippen LogP contribution in [-0.4, -0.2) is 39.7 Å². The summed E-state index contributed by atoms with van der Waals surface area (Å²) in [7, 11) is 0. The SMILES string of the molecule is Nc1nc(NCCc2cnc[nH]2)cc(C2CCOC2)n1. The van der Waals surface area contributed by atoms with E-state index in [4.69, 9.17) is 10.5 Å². The molecule has 2 aromatic heterocycles. The van der Waals surface area contributed by atoms with E-state index in [-0.39, 0.29) is 0 Å². The standard InChI is InChI=1S/C13H18N6O/c14-13-18-11(9-2-4-20-7-9)5-12(19-13)16-3-1-10-6-15-8-17-10/h5-6,8-9H,1-4,7H2,(H,15,17)(H3,14,16,18,19). The first-order valence-electron chi connectivity index (χ1n) is 6.74. The van der Waals surface area contributed by atoms with E-state index < -0.39 is 0 Å². The smallest absolute Gasteiger partial charge is 0.222 e. The Labute approximate surface area is 117 Å². The highest BCUT2D eigenvalue weighted by Crippen LogP contribution is 2.25. The van der Waals surface area contributed by atoms with E-state index in [1.807, 2.05) is 12.3 Å². The second kappa shape index (κ2) is 5.87. The zero-order chi connectivity index (χ0) is 13.8.